The molecule has 2 aromatic carbocycles. The fourth-order valence-electron chi connectivity index (χ4n) is 2.32. The van der Waals surface area contributed by atoms with Crippen molar-refractivity contribution in [1.29, 1.82) is 0 Å². The molecule has 3 heteroatoms. The van der Waals surface area contributed by atoms with Crippen LogP contribution in [0, 0.1) is 0 Å². The third-order valence-electron chi connectivity index (χ3n) is 3.60. The lowest BCUT2D eigenvalue weighted by Gasteiger charge is -2.10. The maximum absolute atomic E-state index is 12.6. The molecule has 2 rings (SSSR count). The Labute approximate surface area is 143 Å². The van der Waals surface area contributed by atoms with Crippen LogP contribution in [-0.2, 0) is 4.79 Å². The fourth-order valence-corrected chi connectivity index (χ4v) is 2.51. The molecule has 0 atom stereocenters. The zero-order valence-corrected chi connectivity index (χ0v) is 14.1. The molecule has 0 saturated heterocycles. The zero-order valence-electron chi connectivity index (χ0n) is 13.4. The number of amides is 1. The van der Waals surface area contributed by atoms with E-state index in [4.69, 9.17) is 11.6 Å². The minimum atomic E-state index is -0.0628. The Hall–Kier alpha value is -2.06. The SMILES string of the molecule is CCCCCNC(=O)/C(=C/c1ccccc1Cl)c1ccccc1. The van der Waals surface area contributed by atoms with Crippen molar-refractivity contribution < 1.29 is 4.79 Å². The second-order valence-corrected chi connectivity index (χ2v) is 5.82. The fraction of sp³-hybridized carbons (Fsp3) is 0.250. The van der Waals surface area contributed by atoms with Crippen LogP contribution < -0.4 is 5.32 Å². The van der Waals surface area contributed by atoms with Gasteiger partial charge >= 0.3 is 0 Å². The summed E-state index contributed by atoms with van der Waals surface area (Å²) in [6, 6.07) is 17.2. The first-order valence-electron chi connectivity index (χ1n) is 8.02. The summed E-state index contributed by atoms with van der Waals surface area (Å²) >= 11 is 6.23. The van der Waals surface area contributed by atoms with Gasteiger partial charge < -0.3 is 5.32 Å². The molecule has 1 amide bonds. The first-order chi connectivity index (χ1) is 11.2. The van der Waals surface area contributed by atoms with Gasteiger partial charge in [-0.1, -0.05) is 79.9 Å². The minimum absolute atomic E-state index is 0.0628. The predicted octanol–water partition coefficient (Wildman–Crippen LogP) is 5.19. The first-order valence-corrected chi connectivity index (χ1v) is 8.40. The van der Waals surface area contributed by atoms with E-state index in [1.807, 2.05) is 60.7 Å². The van der Waals surface area contributed by atoms with E-state index in [1.54, 1.807) is 0 Å². The number of carbonyl (C=O) groups is 1. The predicted molar refractivity (Wildman–Crippen MR) is 98.3 cm³/mol. The van der Waals surface area contributed by atoms with Crippen LogP contribution in [-0.4, -0.2) is 12.5 Å². The Balaban J connectivity index is 2.26. The second-order valence-electron chi connectivity index (χ2n) is 5.41. The Kier molecular flexibility index (Phi) is 6.89. The highest BCUT2D eigenvalue weighted by Crippen LogP contribution is 2.23. The van der Waals surface area contributed by atoms with Gasteiger partial charge in [0.05, 0.1) is 0 Å². The number of benzene rings is 2. The van der Waals surface area contributed by atoms with Crippen LogP contribution in [0.15, 0.2) is 54.6 Å². The van der Waals surface area contributed by atoms with Crippen molar-refractivity contribution in [1.82, 2.24) is 5.32 Å². The largest absolute Gasteiger partial charge is 0.352 e. The molecule has 0 unspecified atom stereocenters. The summed E-state index contributed by atoms with van der Waals surface area (Å²) in [4.78, 5) is 12.6. The monoisotopic (exact) mass is 327 g/mol. The van der Waals surface area contributed by atoms with E-state index in [9.17, 15) is 4.79 Å². The van der Waals surface area contributed by atoms with Gasteiger partial charge in [-0.25, -0.2) is 0 Å². The molecular weight excluding hydrogens is 306 g/mol. The molecule has 0 radical (unpaired) electrons. The van der Waals surface area contributed by atoms with Gasteiger partial charge in [-0.3, -0.25) is 4.79 Å². The highest BCUT2D eigenvalue weighted by molar-refractivity contribution is 6.33. The van der Waals surface area contributed by atoms with Crippen LogP contribution in [0.4, 0.5) is 0 Å². The topological polar surface area (TPSA) is 29.1 Å². The lowest BCUT2D eigenvalue weighted by Crippen LogP contribution is -2.25. The average Bonchev–Trinajstić information content (AvgIpc) is 2.58. The molecule has 1 N–H and O–H groups in total. The van der Waals surface area contributed by atoms with Gasteiger partial charge in [0.25, 0.3) is 5.91 Å². The lowest BCUT2D eigenvalue weighted by atomic mass is 10.0. The molecule has 2 aromatic rings. The van der Waals surface area contributed by atoms with Crippen molar-refractivity contribution in [3.05, 3.63) is 70.7 Å². The standard InChI is InChI=1S/C20H22ClNO/c1-2-3-9-14-22-20(23)18(16-10-5-4-6-11-16)15-17-12-7-8-13-19(17)21/h4-8,10-13,15H,2-3,9,14H2,1H3,(H,22,23)/b18-15+. The Morgan fingerprint density at radius 1 is 1.04 bits per heavy atom. The number of rotatable bonds is 7. The summed E-state index contributed by atoms with van der Waals surface area (Å²) in [5.41, 5.74) is 2.37. The molecule has 0 saturated carbocycles. The van der Waals surface area contributed by atoms with E-state index in [0.717, 1.165) is 30.4 Å². The smallest absolute Gasteiger partial charge is 0.251 e. The van der Waals surface area contributed by atoms with Gasteiger partial charge in [0.15, 0.2) is 0 Å². The highest BCUT2D eigenvalue weighted by atomic mass is 35.5. The Morgan fingerprint density at radius 2 is 1.74 bits per heavy atom. The molecule has 0 aromatic heterocycles. The van der Waals surface area contributed by atoms with Crippen molar-refractivity contribution in [2.75, 3.05) is 6.54 Å². The molecule has 23 heavy (non-hydrogen) atoms. The second kappa shape index (κ2) is 9.16. The van der Waals surface area contributed by atoms with Crippen molar-refractivity contribution in [3.8, 4) is 0 Å². The van der Waals surface area contributed by atoms with Gasteiger partial charge in [0.2, 0.25) is 0 Å². The van der Waals surface area contributed by atoms with Crippen LogP contribution >= 0.6 is 11.6 Å². The van der Waals surface area contributed by atoms with Gasteiger partial charge in [-0.05, 0) is 29.7 Å². The van der Waals surface area contributed by atoms with Crippen LogP contribution in [0.25, 0.3) is 11.6 Å². The van der Waals surface area contributed by atoms with E-state index in [1.165, 1.54) is 0 Å². The van der Waals surface area contributed by atoms with Gasteiger partial charge in [-0.2, -0.15) is 0 Å². The average molecular weight is 328 g/mol. The molecule has 0 aliphatic rings. The van der Waals surface area contributed by atoms with E-state index < -0.39 is 0 Å². The summed E-state index contributed by atoms with van der Waals surface area (Å²) < 4.78 is 0. The summed E-state index contributed by atoms with van der Waals surface area (Å²) in [7, 11) is 0. The van der Waals surface area contributed by atoms with Crippen molar-refractivity contribution in [3.63, 3.8) is 0 Å². The molecule has 2 nitrogen and oxygen atoms in total. The third kappa shape index (κ3) is 5.26. The Morgan fingerprint density at radius 3 is 2.43 bits per heavy atom. The molecule has 120 valence electrons. The summed E-state index contributed by atoms with van der Waals surface area (Å²) in [6.07, 6.45) is 5.11. The minimum Gasteiger partial charge on any atom is -0.352 e. The number of halogens is 1. The van der Waals surface area contributed by atoms with Crippen molar-refractivity contribution in [2.45, 2.75) is 26.2 Å². The normalized spacial score (nSPS) is 11.3. The summed E-state index contributed by atoms with van der Waals surface area (Å²) in [5, 5.41) is 3.64. The molecule has 0 spiro atoms. The van der Waals surface area contributed by atoms with Gasteiger partial charge in [0, 0.05) is 17.1 Å². The Bertz CT molecular complexity index is 664. The van der Waals surface area contributed by atoms with Crippen molar-refractivity contribution in [2.24, 2.45) is 0 Å². The molecule has 0 aliphatic carbocycles. The molecule has 0 bridgehead atoms. The highest BCUT2D eigenvalue weighted by Gasteiger charge is 2.12. The van der Waals surface area contributed by atoms with E-state index in [-0.39, 0.29) is 5.91 Å². The number of hydrogen-bond donors (Lipinski definition) is 1. The van der Waals surface area contributed by atoms with E-state index >= 15 is 0 Å². The molecule has 0 aliphatic heterocycles. The maximum Gasteiger partial charge on any atom is 0.251 e. The van der Waals surface area contributed by atoms with Crippen molar-refractivity contribution >= 4 is 29.2 Å². The van der Waals surface area contributed by atoms with Crippen LogP contribution in [0.3, 0.4) is 0 Å². The quantitative estimate of drug-likeness (QED) is 0.423. The number of unbranched alkanes of at least 4 members (excludes halogenated alkanes) is 2. The molecule has 0 heterocycles. The van der Waals surface area contributed by atoms with Crippen LogP contribution in [0.2, 0.25) is 5.02 Å². The lowest BCUT2D eigenvalue weighted by molar-refractivity contribution is -0.115. The maximum atomic E-state index is 12.6. The first kappa shape index (κ1) is 17.3. The van der Waals surface area contributed by atoms with Gasteiger partial charge in [0.1, 0.15) is 0 Å². The van der Waals surface area contributed by atoms with Gasteiger partial charge in [-0.15, -0.1) is 0 Å². The zero-order chi connectivity index (χ0) is 16.5. The third-order valence-corrected chi connectivity index (χ3v) is 3.94. The van der Waals surface area contributed by atoms with Crippen LogP contribution in [0.1, 0.15) is 37.3 Å². The number of carbonyl (C=O) groups excluding carboxylic acids is 1. The van der Waals surface area contributed by atoms with Crippen LogP contribution in [0.5, 0.6) is 0 Å². The molecule has 0 fully saturated rings. The number of nitrogens with one attached hydrogen (secondary N) is 1. The number of hydrogen-bond acceptors (Lipinski definition) is 1. The molecular formula is C20H22ClNO. The summed E-state index contributed by atoms with van der Waals surface area (Å²) in [6.45, 7) is 2.84. The summed E-state index contributed by atoms with van der Waals surface area (Å²) in [5.74, 6) is -0.0628. The van der Waals surface area contributed by atoms with E-state index in [2.05, 4.69) is 12.2 Å². The van der Waals surface area contributed by atoms with E-state index in [0.29, 0.717) is 17.1 Å².